The minimum absolute atomic E-state index is 0.0324. The molecule has 0 saturated carbocycles. The smallest absolute Gasteiger partial charge is 0.229 e. The van der Waals surface area contributed by atoms with Crippen molar-refractivity contribution >= 4 is 17.2 Å². The Balaban J connectivity index is 1.53. The van der Waals surface area contributed by atoms with Gasteiger partial charge in [-0.1, -0.05) is 0 Å². The summed E-state index contributed by atoms with van der Waals surface area (Å²) in [5.74, 6) is 0.0809. The fraction of sp³-hybridized carbons (Fsp3) is 0.353. The lowest BCUT2D eigenvalue weighted by Crippen LogP contribution is -2.28. The highest BCUT2D eigenvalue weighted by molar-refractivity contribution is 5.93. The lowest BCUT2D eigenvalue weighted by Gasteiger charge is -2.17. The Labute approximate surface area is 139 Å². The zero-order valence-corrected chi connectivity index (χ0v) is 13.7. The topological polar surface area (TPSA) is 76.2 Å². The van der Waals surface area contributed by atoms with Crippen LogP contribution >= 0.6 is 0 Å². The summed E-state index contributed by atoms with van der Waals surface area (Å²) in [5, 5.41) is 10.6. The van der Waals surface area contributed by atoms with E-state index in [1.54, 1.807) is 4.68 Å². The second-order valence-corrected chi connectivity index (χ2v) is 6.37. The van der Waals surface area contributed by atoms with Gasteiger partial charge in [0.2, 0.25) is 5.91 Å². The molecule has 0 bridgehead atoms. The molecule has 3 aromatic heterocycles. The van der Waals surface area contributed by atoms with Crippen LogP contribution in [0.5, 0.6) is 0 Å². The van der Waals surface area contributed by atoms with E-state index in [2.05, 4.69) is 20.7 Å². The van der Waals surface area contributed by atoms with Crippen LogP contribution in [0.2, 0.25) is 0 Å². The fourth-order valence-electron chi connectivity index (χ4n) is 3.36. The molecule has 7 nitrogen and oxygen atoms in total. The quantitative estimate of drug-likeness (QED) is 0.762. The number of anilines is 1. The van der Waals surface area contributed by atoms with E-state index in [0.29, 0.717) is 6.54 Å². The lowest BCUT2D eigenvalue weighted by atomic mass is 9.90. The standard InChI is InChI=1S/C17H20N6O/c1-11-8-23-10-13(3-4-16(23)20-11)21-17(24)15-7-18-6-14(15)12-5-19-22(2)9-12/h3-5,8-10,14-15,18H,6-7H2,1-2H3,(H,21,24)/t14-,15+/m1/s1. The number of rotatable bonds is 3. The van der Waals surface area contributed by atoms with Crippen LogP contribution in [0.15, 0.2) is 36.9 Å². The number of nitrogens with one attached hydrogen (secondary N) is 2. The number of amides is 1. The van der Waals surface area contributed by atoms with Gasteiger partial charge < -0.3 is 15.0 Å². The van der Waals surface area contributed by atoms with Crippen molar-refractivity contribution in [2.24, 2.45) is 13.0 Å². The van der Waals surface area contributed by atoms with Crippen molar-refractivity contribution in [3.63, 3.8) is 0 Å². The lowest BCUT2D eigenvalue weighted by molar-refractivity contribution is -0.119. The fourth-order valence-corrected chi connectivity index (χ4v) is 3.36. The maximum Gasteiger partial charge on any atom is 0.229 e. The van der Waals surface area contributed by atoms with E-state index in [1.165, 1.54) is 0 Å². The van der Waals surface area contributed by atoms with Crippen LogP contribution in [0.3, 0.4) is 0 Å². The second-order valence-electron chi connectivity index (χ2n) is 6.37. The van der Waals surface area contributed by atoms with E-state index in [9.17, 15) is 4.79 Å². The van der Waals surface area contributed by atoms with Crippen LogP contribution in [0, 0.1) is 12.8 Å². The van der Waals surface area contributed by atoms with Crippen molar-refractivity contribution in [2.45, 2.75) is 12.8 Å². The first-order chi connectivity index (χ1) is 11.6. The van der Waals surface area contributed by atoms with Crippen LogP contribution in [-0.4, -0.2) is 38.2 Å². The van der Waals surface area contributed by atoms with E-state index in [1.807, 2.05) is 55.3 Å². The third-order valence-corrected chi connectivity index (χ3v) is 4.54. The van der Waals surface area contributed by atoms with Crippen molar-refractivity contribution in [2.75, 3.05) is 18.4 Å². The van der Waals surface area contributed by atoms with E-state index in [-0.39, 0.29) is 17.7 Å². The highest BCUT2D eigenvalue weighted by Crippen LogP contribution is 2.28. The Bertz CT molecular complexity index is 896. The number of imidazole rings is 1. The zero-order chi connectivity index (χ0) is 16.7. The molecule has 0 aliphatic carbocycles. The third kappa shape index (κ3) is 2.67. The number of hydrogen-bond donors (Lipinski definition) is 2. The van der Waals surface area contributed by atoms with Gasteiger partial charge in [-0.25, -0.2) is 4.98 Å². The van der Waals surface area contributed by atoms with Crippen molar-refractivity contribution in [1.29, 1.82) is 0 Å². The monoisotopic (exact) mass is 324 g/mol. The number of carbonyl (C=O) groups excluding carboxylic acids is 1. The molecule has 0 radical (unpaired) electrons. The summed E-state index contributed by atoms with van der Waals surface area (Å²) in [4.78, 5) is 17.1. The maximum atomic E-state index is 12.7. The molecule has 0 unspecified atom stereocenters. The van der Waals surface area contributed by atoms with Crippen LogP contribution in [0.4, 0.5) is 5.69 Å². The number of aromatic nitrogens is 4. The Hall–Kier alpha value is -2.67. The number of carbonyl (C=O) groups is 1. The average Bonchev–Trinajstić information content (AvgIpc) is 3.24. The van der Waals surface area contributed by atoms with Crippen LogP contribution in [-0.2, 0) is 11.8 Å². The summed E-state index contributed by atoms with van der Waals surface area (Å²) >= 11 is 0. The van der Waals surface area contributed by atoms with Gasteiger partial charge in [-0.3, -0.25) is 9.48 Å². The number of hydrogen-bond acceptors (Lipinski definition) is 4. The predicted molar refractivity (Wildman–Crippen MR) is 90.9 cm³/mol. The maximum absolute atomic E-state index is 12.7. The first-order valence-electron chi connectivity index (χ1n) is 8.05. The Kier molecular flexibility index (Phi) is 3.57. The molecule has 1 fully saturated rings. The normalized spacial score (nSPS) is 20.6. The Morgan fingerprint density at radius 2 is 2.17 bits per heavy atom. The van der Waals surface area contributed by atoms with E-state index < -0.39 is 0 Å². The van der Waals surface area contributed by atoms with Gasteiger partial charge in [0.05, 0.1) is 23.5 Å². The minimum Gasteiger partial charge on any atom is -0.324 e. The van der Waals surface area contributed by atoms with Crippen LogP contribution in [0.25, 0.3) is 5.65 Å². The van der Waals surface area contributed by atoms with Gasteiger partial charge in [0.25, 0.3) is 0 Å². The molecule has 2 N–H and O–H groups in total. The summed E-state index contributed by atoms with van der Waals surface area (Å²) in [6, 6.07) is 3.80. The molecule has 4 heterocycles. The molecule has 24 heavy (non-hydrogen) atoms. The molecule has 124 valence electrons. The molecule has 1 aliphatic heterocycles. The average molecular weight is 324 g/mol. The first-order valence-corrected chi connectivity index (χ1v) is 8.05. The number of nitrogens with zero attached hydrogens (tertiary/aromatic N) is 4. The number of aryl methyl sites for hydroxylation is 2. The number of fused-ring (bicyclic) bond motifs is 1. The van der Waals surface area contributed by atoms with Crippen molar-refractivity contribution in [3.05, 3.63) is 48.2 Å². The summed E-state index contributed by atoms with van der Waals surface area (Å²) in [6.45, 7) is 3.43. The molecule has 1 amide bonds. The molecular formula is C17H20N6O. The summed E-state index contributed by atoms with van der Waals surface area (Å²) in [7, 11) is 1.89. The molecule has 3 aromatic rings. The summed E-state index contributed by atoms with van der Waals surface area (Å²) in [5.41, 5.74) is 3.71. The van der Waals surface area contributed by atoms with Gasteiger partial charge in [0, 0.05) is 44.6 Å². The number of pyridine rings is 1. The molecule has 1 aliphatic rings. The molecular weight excluding hydrogens is 304 g/mol. The zero-order valence-electron chi connectivity index (χ0n) is 13.7. The molecule has 0 aromatic carbocycles. The van der Waals surface area contributed by atoms with Gasteiger partial charge in [-0.2, -0.15) is 5.10 Å². The summed E-state index contributed by atoms with van der Waals surface area (Å²) in [6.07, 6.45) is 7.67. The predicted octanol–water partition coefficient (Wildman–Crippen LogP) is 1.32. The van der Waals surface area contributed by atoms with E-state index in [0.717, 1.165) is 29.1 Å². The van der Waals surface area contributed by atoms with Crippen LogP contribution in [0.1, 0.15) is 17.2 Å². The SMILES string of the molecule is Cc1cn2cc(NC(=O)[C@H]3CNC[C@@H]3c3cnn(C)c3)ccc2n1. The third-order valence-electron chi connectivity index (χ3n) is 4.54. The molecule has 1 saturated heterocycles. The molecule has 7 heteroatoms. The van der Waals surface area contributed by atoms with Gasteiger partial charge in [-0.15, -0.1) is 0 Å². The molecule has 0 spiro atoms. The first kappa shape index (κ1) is 14.9. The van der Waals surface area contributed by atoms with E-state index >= 15 is 0 Å². The van der Waals surface area contributed by atoms with Gasteiger partial charge in [0.1, 0.15) is 5.65 Å². The van der Waals surface area contributed by atoms with Crippen molar-refractivity contribution < 1.29 is 4.79 Å². The van der Waals surface area contributed by atoms with Gasteiger partial charge >= 0.3 is 0 Å². The second kappa shape index (κ2) is 5.76. The minimum atomic E-state index is -0.102. The molecule has 4 rings (SSSR count). The largest absolute Gasteiger partial charge is 0.324 e. The van der Waals surface area contributed by atoms with Crippen molar-refractivity contribution in [3.8, 4) is 0 Å². The van der Waals surface area contributed by atoms with Crippen LogP contribution < -0.4 is 10.6 Å². The Morgan fingerprint density at radius 1 is 1.29 bits per heavy atom. The van der Waals surface area contributed by atoms with Gasteiger partial charge in [0.15, 0.2) is 0 Å². The van der Waals surface area contributed by atoms with Gasteiger partial charge in [-0.05, 0) is 24.6 Å². The van der Waals surface area contributed by atoms with E-state index in [4.69, 9.17) is 0 Å². The Morgan fingerprint density at radius 3 is 2.96 bits per heavy atom. The highest BCUT2D eigenvalue weighted by atomic mass is 16.2. The highest BCUT2D eigenvalue weighted by Gasteiger charge is 2.34. The molecule has 2 atom stereocenters. The summed E-state index contributed by atoms with van der Waals surface area (Å²) < 4.78 is 3.70. The van der Waals surface area contributed by atoms with Crippen molar-refractivity contribution in [1.82, 2.24) is 24.5 Å².